The average molecular weight is 439 g/mol. The fourth-order valence-electron chi connectivity index (χ4n) is 2.65. The summed E-state index contributed by atoms with van der Waals surface area (Å²) < 4.78 is 5.76. The maximum absolute atomic E-state index is 12.7. The van der Waals surface area contributed by atoms with Crippen LogP contribution in [0.15, 0.2) is 46.1 Å². The van der Waals surface area contributed by atoms with Crippen LogP contribution in [0.5, 0.6) is 0 Å². The predicted octanol–water partition coefficient (Wildman–Crippen LogP) is 1.94. The molecule has 0 saturated heterocycles. The molecule has 0 spiro atoms. The maximum Gasteiger partial charge on any atom is 0.294 e. The number of nitro groups is 1. The van der Waals surface area contributed by atoms with Crippen LogP contribution in [0.2, 0.25) is 0 Å². The van der Waals surface area contributed by atoms with Crippen LogP contribution in [-0.4, -0.2) is 42.4 Å². The maximum atomic E-state index is 12.7. The molecule has 1 aromatic carbocycles. The molecule has 0 aliphatic carbocycles. The molecule has 0 atom stereocenters. The zero-order valence-corrected chi connectivity index (χ0v) is 16.6. The summed E-state index contributed by atoms with van der Waals surface area (Å²) in [6.45, 7) is 1.96. The van der Waals surface area contributed by atoms with Gasteiger partial charge in [0.05, 0.1) is 11.1 Å². The largest absolute Gasteiger partial charge is 0.378 e. The fraction of sp³-hybridized carbons (Fsp3) is 0.0588. The van der Waals surface area contributed by atoms with Gasteiger partial charge in [-0.2, -0.15) is 9.78 Å². The number of non-ortho nitro benzene ring substituents is 1. The van der Waals surface area contributed by atoms with Crippen LogP contribution in [-0.2, 0) is 0 Å². The Bertz CT molecular complexity index is 1290. The number of nitrogens with one attached hydrogen (secondary N) is 1. The van der Waals surface area contributed by atoms with Gasteiger partial charge in [-0.05, 0) is 41.5 Å². The molecule has 156 valence electrons. The predicted molar refractivity (Wildman–Crippen MR) is 110 cm³/mol. The van der Waals surface area contributed by atoms with E-state index in [1.54, 1.807) is 0 Å². The molecule has 0 aliphatic heterocycles. The summed E-state index contributed by atoms with van der Waals surface area (Å²) in [5.41, 5.74) is 8.50. The number of carbonyl (C=O) groups is 1. The van der Waals surface area contributed by atoms with Crippen LogP contribution in [0.25, 0.3) is 17.1 Å². The van der Waals surface area contributed by atoms with Crippen molar-refractivity contribution in [2.45, 2.75) is 6.92 Å². The number of aromatic nitrogens is 5. The number of nitrogens with two attached hydrogens (primary N) is 1. The van der Waals surface area contributed by atoms with Crippen molar-refractivity contribution < 1.29 is 14.3 Å². The lowest BCUT2D eigenvalue weighted by Gasteiger charge is -2.05. The number of nitrogens with zero attached hydrogens (tertiary/aromatic N) is 7. The van der Waals surface area contributed by atoms with Crippen molar-refractivity contribution in [2.24, 2.45) is 5.10 Å². The number of hydrogen-bond donors (Lipinski definition) is 2. The van der Waals surface area contributed by atoms with E-state index in [1.807, 2.05) is 19.1 Å². The van der Waals surface area contributed by atoms with Gasteiger partial charge >= 0.3 is 0 Å². The van der Waals surface area contributed by atoms with Crippen LogP contribution in [0, 0.1) is 17.0 Å². The highest BCUT2D eigenvalue weighted by atomic mass is 32.1. The molecule has 0 saturated carbocycles. The van der Waals surface area contributed by atoms with Gasteiger partial charge < -0.3 is 5.73 Å². The second kappa shape index (κ2) is 8.11. The molecule has 14 heteroatoms. The SMILES string of the molecule is Cc1ccc(C=NNC(=O)c2nnn(-c3nonc3N)c2-c2ccc([N+](=O)[O-])cc2)s1. The van der Waals surface area contributed by atoms with Gasteiger partial charge in [0.25, 0.3) is 11.6 Å². The smallest absolute Gasteiger partial charge is 0.294 e. The van der Waals surface area contributed by atoms with Gasteiger partial charge in [0, 0.05) is 27.5 Å². The summed E-state index contributed by atoms with van der Waals surface area (Å²) in [5, 5.41) is 29.9. The average Bonchev–Trinajstić information content (AvgIpc) is 3.47. The molecular formula is C17H13N9O4S. The second-order valence-corrected chi connectivity index (χ2v) is 7.44. The highest BCUT2D eigenvalue weighted by Gasteiger charge is 2.25. The van der Waals surface area contributed by atoms with Gasteiger partial charge in [-0.15, -0.1) is 16.4 Å². The topological polar surface area (TPSA) is 180 Å². The van der Waals surface area contributed by atoms with E-state index in [9.17, 15) is 14.9 Å². The number of rotatable bonds is 6. The van der Waals surface area contributed by atoms with E-state index in [0.717, 1.165) is 14.4 Å². The van der Waals surface area contributed by atoms with Crippen LogP contribution >= 0.6 is 11.3 Å². The quantitative estimate of drug-likeness (QED) is 0.258. The number of anilines is 1. The molecule has 3 aromatic heterocycles. The minimum atomic E-state index is -0.654. The molecule has 4 aromatic rings. The van der Waals surface area contributed by atoms with E-state index in [1.165, 1.54) is 41.8 Å². The van der Waals surface area contributed by atoms with Crippen molar-refractivity contribution in [1.29, 1.82) is 0 Å². The molecular weight excluding hydrogens is 426 g/mol. The third kappa shape index (κ3) is 3.99. The zero-order valence-electron chi connectivity index (χ0n) is 15.8. The first-order chi connectivity index (χ1) is 14.9. The minimum Gasteiger partial charge on any atom is -0.378 e. The Balaban J connectivity index is 1.71. The highest BCUT2D eigenvalue weighted by molar-refractivity contribution is 7.13. The number of benzene rings is 1. The van der Waals surface area contributed by atoms with E-state index < -0.39 is 10.8 Å². The standard InChI is InChI=1S/C17H13N9O4S/c1-9-2-7-12(31-9)8-19-21-17(27)13-14(10-3-5-11(6-4-10)26(28)29)25(24-20-13)16-15(18)22-30-23-16/h2-8H,1H3,(H2,18,22)(H,21,27). The Morgan fingerprint density at radius 2 is 2.06 bits per heavy atom. The summed E-state index contributed by atoms with van der Waals surface area (Å²) in [7, 11) is 0. The Kier molecular flexibility index (Phi) is 5.19. The van der Waals surface area contributed by atoms with Gasteiger partial charge in [0.2, 0.25) is 11.6 Å². The summed E-state index contributed by atoms with van der Waals surface area (Å²) in [5.74, 6) is -0.720. The number of aryl methyl sites for hydroxylation is 1. The Hall–Kier alpha value is -4.46. The molecule has 3 heterocycles. The summed E-state index contributed by atoms with van der Waals surface area (Å²) in [6.07, 6.45) is 1.51. The molecule has 1 amide bonds. The summed E-state index contributed by atoms with van der Waals surface area (Å²) >= 11 is 1.52. The van der Waals surface area contributed by atoms with Crippen molar-refractivity contribution >= 4 is 35.0 Å². The highest BCUT2D eigenvalue weighted by Crippen LogP contribution is 2.28. The van der Waals surface area contributed by atoms with Gasteiger partial charge in [0.15, 0.2) is 5.69 Å². The first kappa shape index (κ1) is 19.8. The monoisotopic (exact) mass is 439 g/mol. The third-order valence-electron chi connectivity index (χ3n) is 4.05. The van der Waals surface area contributed by atoms with Gasteiger partial charge in [-0.3, -0.25) is 14.9 Å². The van der Waals surface area contributed by atoms with Crippen LogP contribution in [0.4, 0.5) is 11.5 Å². The lowest BCUT2D eigenvalue weighted by Crippen LogP contribution is -2.19. The molecule has 3 N–H and O–H groups in total. The lowest BCUT2D eigenvalue weighted by atomic mass is 10.1. The lowest BCUT2D eigenvalue weighted by molar-refractivity contribution is -0.384. The molecule has 0 unspecified atom stereocenters. The van der Waals surface area contributed by atoms with Crippen molar-refractivity contribution in [2.75, 3.05) is 5.73 Å². The molecule has 0 aliphatic rings. The molecule has 31 heavy (non-hydrogen) atoms. The third-order valence-corrected chi connectivity index (χ3v) is 4.99. The Morgan fingerprint density at radius 3 is 2.68 bits per heavy atom. The van der Waals surface area contributed by atoms with Crippen molar-refractivity contribution in [3.05, 3.63) is 62.0 Å². The zero-order chi connectivity index (χ0) is 22.0. The van der Waals surface area contributed by atoms with Gasteiger partial charge in [0.1, 0.15) is 5.69 Å². The number of carbonyl (C=O) groups excluding carboxylic acids is 1. The van der Waals surface area contributed by atoms with Crippen LogP contribution in [0.3, 0.4) is 0 Å². The molecule has 0 bridgehead atoms. The molecule has 0 radical (unpaired) electrons. The van der Waals surface area contributed by atoms with E-state index in [2.05, 4.69) is 35.8 Å². The number of thiophene rings is 1. The number of hydrogen-bond acceptors (Lipinski definition) is 11. The van der Waals surface area contributed by atoms with Gasteiger partial charge in [-0.25, -0.2) is 10.1 Å². The van der Waals surface area contributed by atoms with Crippen LogP contribution < -0.4 is 11.2 Å². The normalized spacial score (nSPS) is 11.1. The Morgan fingerprint density at radius 1 is 1.29 bits per heavy atom. The first-order valence-electron chi connectivity index (χ1n) is 8.63. The number of nitrogen functional groups attached to an aromatic ring is 1. The Labute approximate surface area is 177 Å². The number of nitro benzene ring substituents is 1. The second-order valence-electron chi connectivity index (χ2n) is 6.12. The number of amides is 1. The van der Waals surface area contributed by atoms with E-state index in [0.29, 0.717) is 5.56 Å². The number of hydrazone groups is 1. The summed E-state index contributed by atoms with van der Waals surface area (Å²) in [4.78, 5) is 25.1. The first-order valence-corrected chi connectivity index (χ1v) is 9.44. The van der Waals surface area contributed by atoms with E-state index in [4.69, 9.17) is 5.73 Å². The minimum absolute atomic E-state index is 0.0115. The van der Waals surface area contributed by atoms with Crippen LogP contribution in [0.1, 0.15) is 20.2 Å². The van der Waals surface area contributed by atoms with Crippen molar-refractivity contribution in [1.82, 2.24) is 30.7 Å². The van der Waals surface area contributed by atoms with E-state index >= 15 is 0 Å². The fourth-order valence-corrected chi connectivity index (χ4v) is 3.40. The summed E-state index contributed by atoms with van der Waals surface area (Å²) in [6, 6.07) is 9.28. The van der Waals surface area contributed by atoms with Crippen molar-refractivity contribution in [3.63, 3.8) is 0 Å². The molecule has 0 fully saturated rings. The molecule has 4 rings (SSSR count). The van der Waals surface area contributed by atoms with Gasteiger partial charge in [-0.1, -0.05) is 5.21 Å². The van der Waals surface area contributed by atoms with Crippen molar-refractivity contribution in [3.8, 4) is 17.1 Å². The molecule has 13 nitrogen and oxygen atoms in total. The van der Waals surface area contributed by atoms with E-state index in [-0.39, 0.29) is 28.7 Å².